The van der Waals surface area contributed by atoms with Gasteiger partial charge in [-0.15, -0.1) is 0 Å². The van der Waals surface area contributed by atoms with E-state index in [2.05, 4.69) is 31.9 Å². The van der Waals surface area contributed by atoms with Gasteiger partial charge in [-0.05, 0) is 36.1 Å². The van der Waals surface area contributed by atoms with Crippen LogP contribution in [0.1, 0.15) is 27.7 Å². The number of hydrogen-bond donors (Lipinski definition) is 0. The van der Waals surface area contributed by atoms with Crippen LogP contribution in [-0.4, -0.2) is 14.4 Å². The second-order valence-electron chi connectivity index (χ2n) is 7.10. The number of hydrogen-bond acceptors (Lipinski definition) is 1. The van der Waals surface area contributed by atoms with E-state index in [9.17, 15) is 13.6 Å². The standard InChI is InChI=1S/C19H22Br2F2O/c1-11(2)18(20)9-13(22)5-7-15(18)17(24)16-8-6-14(23)10-19(16,21)12(3)4/h5-12,15-16H,1-4H3. The first-order valence-electron chi connectivity index (χ1n) is 8.07. The summed E-state index contributed by atoms with van der Waals surface area (Å²) in [5, 5.41) is 0. The van der Waals surface area contributed by atoms with Crippen LogP contribution in [0, 0.1) is 23.7 Å². The smallest absolute Gasteiger partial charge is 0.150 e. The van der Waals surface area contributed by atoms with Crippen molar-refractivity contribution in [3.63, 3.8) is 0 Å². The quantitative estimate of drug-likeness (QED) is 0.452. The van der Waals surface area contributed by atoms with Gasteiger partial charge in [0.1, 0.15) is 17.4 Å². The number of carbonyl (C=O) groups excluding carboxylic acids is 1. The largest absolute Gasteiger partial charge is 0.298 e. The molecule has 0 radical (unpaired) electrons. The van der Waals surface area contributed by atoms with Gasteiger partial charge in [-0.2, -0.15) is 0 Å². The van der Waals surface area contributed by atoms with E-state index < -0.39 is 20.5 Å². The molecule has 1 nitrogen and oxygen atoms in total. The molecule has 0 saturated carbocycles. The van der Waals surface area contributed by atoms with E-state index in [4.69, 9.17) is 0 Å². The van der Waals surface area contributed by atoms with Gasteiger partial charge in [0.15, 0.2) is 0 Å². The van der Waals surface area contributed by atoms with E-state index in [0.29, 0.717) is 0 Å². The predicted molar refractivity (Wildman–Crippen MR) is 102 cm³/mol. The van der Waals surface area contributed by atoms with Gasteiger partial charge in [0.05, 0.1) is 20.5 Å². The van der Waals surface area contributed by atoms with Crippen LogP contribution >= 0.6 is 31.9 Å². The van der Waals surface area contributed by atoms with Crippen LogP contribution < -0.4 is 0 Å². The topological polar surface area (TPSA) is 17.1 Å². The molecule has 2 rings (SSSR count). The van der Waals surface area contributed by atoms with E-state index in [1.165, 1.54) is 24.3 Å². The van der Waals surface area contributed by atoms with E-state index in [1.54, 1.807) is 12.2 Å². The zero-order chi connectivity index (χ0) is 18.3. The highest BCUT2D eigenvalue weighted by atomic mass is 79.9. The van der Waals surface area contributed by atoms with Gasteiger partial charge in [0.2, 0.25) is 0 Å². The number of Topliss-reactive ketones (excluding diaryl/α,β-unsaturated/α-hetero) is 1. The Labute approximate surface area is 159 Å². The summed E-state index contributed by atoms with van der Waals surface area (Å²) >= 11 is 7.21. The third-order valence-corrected chi connectivity index (χ3v) is 8.23. The maximum Gasteiger partial charge on any atom is 0.150 e. The van der Waals surface area contributed by atoms with Crippen LogP contribution in [0.15, 0.2) is 48.1 Å². The molecule has 0 heterocycles. The van der Waals surface area contributed by atoms with Gasteiger partial charge < -0.3 is 0 Å². The van der Waals surface area contributed by atoms with Gasteiger partial charge in [-0.3, -0.25) is 4.79 Å². The molecule has 0 aromatic heterocycles. The molecular formula is C19H22Br2F2O. The van der Waals surface area contributed by atoms with Crippen LogP contribution in [0.5, 0.6) is 0 Å². The Kier molecular flexibility index (Phi) is 5.76. The molecule has 0 aromatic rings. The Morgan fingerprint density at radius 2 is 1.25 bits per heavy atom. The van der Waals surface area contributed by atoms with Crippen molar-refractivity contribution < 1.29 is 13.6 Å². The summed E-state index contributed by atoms with van der Waals surface area (Å²) in [7, 11) is 0. The number of allylic oxidation sites excluding steroid dienone is 8. The minimum Gasteiger partial charge on any atom is -0.298 e. The summed E-state index contributed by atoms with van der Waals surface area (Å²) in [6.07, 6.45) is 8.83. The summed E-state index contributed by atoms with van der Waals surface area (Å²) in [5.41, 5.74) is 0. The first-order chi connectivity index (χ1) is 11.0. The molecule has 0 amide bonds. The van der Waals surface area contributed by atoms with Gasteiger partial charge in [-0.25, -0.2) is 8.78 Å². The van der Waals surface area contributed by atoms with E-state index in [-0.39, 0.29) is 29.3 Å². The van der Waals surface area contributed by atoms with Crippen LogP contribution in [0.2, 0.25) is 0 Å². The fraction of sp³-hybridized carbons (Fsp3) is 0.526. The molecule has 24 heavy (non-hydrogen) atoms. The molecule has 0 aromatic carbocycles. The Morgan fingerprint density at radius 1 is 0.917 bits per heavy atom. The van der Waals surface area contributed by atoms with Crippen molar-refractivity contribution in [3.8, 4) is 0 Å². The number of carbonyl (C=O) groups is 1. The summed E-state index contributed by atoms with van der Waals surface area (Å²) in [5.74, 6) is -1.83. The third kappa shape index (κ3) is 3.39. The summed E-state index contributed by atoms with van der Waals surface area (Å²) in [6, 6.07) is 0. The van der Waals surface area contributed by atoms with Crippen molar-refractivity contribution in [2.24, 2.45) is 23.7 Å². The van der Waals surface area contributed by atoms with E-state index in [0.717, 1.165) is 0 Å². The second-order valence-corrected chi connectivity index (χ2v) is 9.85. The predicted octanol–water partition coefficient (Wildman–Crippen LogP) is 6.21. The zero-order valence-electron chi connectivity index (χ0n) is 14.2. The molecule has 4 unspecified atom stereocenters. The Morgan fingerprint density at radius 3 is 1.54 bits per heavy atom. The summed E-state index contributed by atoms with van der Waals surface area (Å²) < 4.78 is 26.0. The van der Waals surface area contributed by atoms with Crippen molar-refractivity contribution in [1.82, 2.24) is 0 Å². The molecule has 0 bridgehead atoms. The molecule has 2 aliphatic rings. The average molecular weight is 464 g/mol. The molecule has 4 atom stereocenters. The lowest BCUT2D eigenvalue weighted by molar-refractivity contribution is -0.125. The maximum atomic E-state index is 13.8. The minimum atomic E-state index is -0.790. The van der Waals surface area contributed by atoms with E-state index >= 15 is 0 Å². The third-order valence-electron chi connectivity index (χ3n) is 4.95. The fourth-order valence-electron chi connectivity index (χ4n) is 3.24. The number of ketones is 1. The number of alkyl halides is 2. The lowest BCUT2D eigenvalue weighted by atomic mass is 9.69. The molecule has 2 aliphatic carbocycles. The highest BCUT2D eigenvalue weighted by Gasteiger charge is 2.49. The summed E-state index contributed by atoms with van der Waals surface area (Å²) in [4.78, 5) is 13.3. The monoisotopic (exact) mass is 462 g/mol. The highest BCUT2D eigenvalue weighted by molar-refractivity contribution is 9.10. The molecule has 0 saturated heterocycles. The van der Waals surface area contributed by atoms with Crippen LogP contribution in [0.3, 0.4) is 0 Å². The van der Waals surface area contributed by atoms with E-state index in [1.807, 2.05) is 27.7 Å². The molecule has 0 N–H and O–H groups in total. The summed E-state index contributed by atoms with van der Waals surface area (Å²) in [6.45, 7) is 7.77. The fourth-order valence-corrected chi connectivity index (χ4v) is 4.43. The number of halogens is 4. The minimum absolute atomic E-state index is 0.00535. The van der Waals surface area contributed by atoms with Crippen molar-refractivity contribution in [1.29, 1.82) is 0 Å². The SMILES string of the molecule is CC(C)C1(Br)C=C(F)C=CC1C(=O)C1C=CC(F)=CC1(Br)C(C)C. The van der Waals surface area contributed by atoms with Gasteiger partial charge in [0, 0.05) is 0 Å². The van der Waals surface area contributed by atoms with Crippen molar-refractivity contribution >= 4 is 37.6 Å². The Balaban J connectivity index is 2.44. The molecule has 5 heteroatoms. The van der Waals surface area contributed by atoms with Crippen LogP contribution in [0.25, 0.3) is 0 Å². The van der Waals surface area contributed by atoms with Crippen molar-refractivity contribution in [3.05, 3.63) is 48.1 Å². The molecular weight excluding hydrogens is 442 g/mol. The normalized spacial score (nSPS) is 36.1. The van der Waals surface area contributed by atoms with Crippen molar-refractivity contribution in [2.45, 2.75) is 36.3 Å². The lowest BCUT2D eigenvalue weighted by Gasteiger charge is -2.42. The van der Waals surface area contributed by atoms with Gasteiger partial charge >= 0.3 is 0 Å². The first-order valence-corrected chi connectivity index (χ1v) is 9.65. The lowest BCUT2D eigenvalue weighted by Crippen LogP contribution is -2.48. The van der Waals surface area contributed by atoms with Crippen LogP contribution in [0.4, 0.5) is 8.78 Å². The van der Waals surface area contributed by atoms with Gasteiger partial charge in [-0.1, -0.05) is 71.7 Å². The van der Waals surface area contributed by atoms with Gasteiger partial charge in [0.25, 0.3) is 0 Å². The molecule has 0 fully saturated rings. The molecule has 0 spiro atoms. The number of rotatable bonds is 4. The molecule has 0 aliphatic heterocycles. The van der Waals surface area contributed by atoms with Crippen molar-refractivity contribution in [2.75, 3.05) is 0 Å². The zero-order valence-corrected chi connectivity index (χ0v) is 17.4. The first kappa shape index (κ1) is 19.8. The molecule has 132 valence electrons. The van der Waals surface area contributed by atoms with Crippen LogP contribution in [-0.2, 0) is 4.79 Å². The maximum absolute atomic E-state index is 13.8. The average Bonchev–Trinajstić information content (AvgIpc) is 2.46. The Hall–Kier alpha value is -0.550. The second kappa shape index (κ2) is 6.99. The highest BCUT2D eigenvalue weighted by Crippen LogP contribution is 2.48. The Bertz CT molecular complexity index is 594.